The molecule has 0 aromatic heterocycles. The summed E-state index contributed by atoms with van der Waals surface area (Å²) in [5.41, 5.74) is 7.43. The molecule has 0 radical (unpaired) electrons. The van der Waals surface area contributed by atoms with Gasteiger partial charge >= 0.3 is 0 Å². The lowest BCUT2D eigenvalue weighted by Gasteiger charge is -2.34. The van der Waals surface area contributed by atoms with Gasteiger partial charge in [-0.15, -0.1) is 0 Å². The second kappa shape index (κ2) is 5.58. The van der Waals surface area contributed by atoms with Crippen molar-refractivity contribution in [2.45, 2.75) is 25.9 Å². The zero-order valence-electron chi connectivity index (χ0n) is 10.6. The molecule has 0 unspecified atom stereocenters. The average Bonchev–Trinajstić information content (AvgIpc) is 2.29. The number of hydrogen-bond donors (Lipinski definition) is 2. The van der Waals surface area contributed by atoms with Crippen LogP contribution in [0.25, 0.3) is 0 Å². The molecule has 0 aliphatic rings. The van der Waals surface area contributed by atoms with E-state index in [4.69, 9.17) is 18.0 Å². The Morgan fingerprint density at radius 2 is 2.00 bits per heavy atom. The summed E-state index contributed by atoms with van der Waals surface area (Å²) in [4.78, 5) is 2.50. The molecule has 17 heavy (non-hydrogen) atoms. The van der Waals surface area contributed by atoms with Gasteiger partial charge in [-0.2, -0.15) is 0 Å². The molecule has 0 saturated heterocycles. The number of nitrogens with two attached hydrogens (primary N) is 1. The van der Waals surface area contributed by atoms with E-state index in [0.29, 0.717) is 11.5 Å². The highest BCUT2D eigenvalue weighted by molar-refractivity contribution is 7.80. The molecule has 3 nitrogen and oxygen atoms in total. The van der Waals surface area contributed by atoms with Crippen LogP contribution in [0.15, 0.2) is 24.3 Å². The van der Waals surface area contributed by atoms with Gasteiger partial charge in [0, 0.05) is 17.6 Å². The van der Waals surface area contributed by atoms with Crippen molar-refractivity contribution in [3.8, 4) is 0 Å². The van der Waals surface area contributed by atoms with Crippen molar-refractivity contribution in [3.05, 3.63) is 35.4 Å². The Balaban J connectivity index is 2.92. The van der Waals surface area contributed by atoms with Crippen molar-refractivity contribution in [2.75, 3.05) is 13.7 Å². The van der Waals surface area contributed by atoms with Gasteiger partial charge in [0.25, 0.3) is 0 Å². The van der Waals surface area contributed by atoms with E-state index < -0.39 is 0 Å². The molecule has 0 aliphatic heterocycles. The largest absolute Gasteiger partial charge is 0.394 e. The Morgan fingerprint density at radius 1 is 1.41 bits per heavy atom. The Kier molecular flexibility index (Phi) is 4.62. The van der Waals surface area contributed by atoms with E-state index in [2.05, 4.69) is 4.90 Å². The van der Waals surface area contributed by atoms with E-state index >= 15 is 0 Å². The average molecular weight is 252 g/mol. The molecule has 0 atom stereocenters. The normalized spacial score (nSPS) is 11.8. The molecule has 0 amide bonds. The maximum absolute atomic E-state index is 9.33. The number of thiocarbonyl (C=S) groups is 1. The number of likely N-dealkylation sites (N-methyl/N-ethyl adjacent to an activating group) is 1. The van der Waals surface area contributed by atoms with Crippen LogP contribution in [0, 0.1) is 0 Å². The monoisotopic (exact) mass is 252 g/mol. The number of nitrogens with zero attached hydrogens (tertiary/aromatic N) is 1. The predicted octanol–water partition coefficient (Wildman–Crippen LogP) is 1.52. The highest BCUT2D eigenvalue weighted by Crippen LogP contribution is 2.17. The lowest BCUT2D eigenvalue weighted by molar-refractivity contribution is 0.0733. The Labute approximate surface area is 108 Å². The minimum Gasteiger partial charge on any atom is -0.394 e. The van der Waals surface area contributed by atoms with Crippen LogP contribution in [0.4, 0.5) is 0 Å². The van der Waals surface area contributed by atoms with Gasteiger partial charge in [0.15, 0.2) is 0 Å². The van der Waals surface area contributed by atoms with Crippen LogP contribution in [0.3, 0.4) is 0 Å². The van der Waals surface area contributed by atoms with Crippen molar-refractivity contribution >= 4 is 17.2 Å². The SMILES string of the molecule is CN(Cc1ccccc1C(N)=S)C(C)(C)CO. The molecule has 94 valence electrons. The van der Waals surface area contributed by atoms with Gasteiger partial charge in [-0.1, -0.05) is 36.5 Å². The van der Waals surface area contributed by atoms with Gasteiger partial charge in [0.2, 0.25) is 0 Å². The summed E-state index contributed by atoms with van der Waals surface area (Å²) in [7, 11) is 1.98. The summed E-state index contributed by atoms with van der Waals surface area (Å²) >= 11 is 5.03. The van der Waals surface area contributed by atoms with E-state index in [0.717, 1.165) is 11.1 Å². The summed E-state index contributed by atoms with van der Waals surface area (Å²) in [5.74, 6) is 0. The lowest BCUT2D eigenvalue weighted by Crippen LogP contribution is -2.43. The Bertz CT molecular complexity index is 404. The topological polar surface area (TPSA) is 49.5 Å². The second-order valence-electron chi connectivity index (χ2n) is 4.85. The molecule has 1 aromatic carbocycles. The molecule has 0 spiro atoms. The van der Waals surface area contributed by atoms with Crippen LogP contribution in [-0.2, 0) is 6.54 Å². The molecule has 1 aromatic rings. The summed E-state index contributed by atoms with van der Waals surface area (Å²) in [6, 6.07) is 7.84. The van der Waals surface area contributed by atoms with Gasteiger partial charge in [-0.3, -0.25) is 4.90 Å². The fraction of sp³-hybridized carbons (Fsp3) is 0.462. The van der Waals surface area contributed by atoms with Crippen LogP contribution in [0.5, 0.6) is 0 Å². The highest BCUT2D eigenvalue weighted by Gasteiger charge is 2.23. The number of rotatable bonds is 5. The third-order valence-electron chi connectivity index (χ3n) is 3.11. The standard InChI is InChI=1S/C13H20N2OS/c1-13(2,9-16)15(3)8-10-6-4-5-7-11(10)12(14)17/h4-7,16H,8-9H2,1-3H3,(H2,14,17). The molecule has 0 fully saturated rings. The minimum absolute atomic E-state index is 0.110. The van der Waals surface area contributed by atoms with Crippen LogP contribution >= 0.6 is 12.2 Å². The third-order valence-corrected chi connectivity index (χ3v) is 3.33. The fourth-order valence-electron chi connectivity index (χ4n) is 1.49. The van der Waals surface area contributed by atoms with Crippen molar-refractivity contribution in [3.63, 3.8) is 0 Å². The molecule has 1 rings (SSSR count). The molecule has 0 bridgehead atoms. The number of aliphatic hydroxyl groups is 1. The summed E-state index contributed by atoms with van der Waals surface area (Å²) < 4.78 is 0. The van der Waals surface area contributed by atoms with Crippen LogP contribution in [0.2, 0.25) is 0 Å². The minimum atomic E-state index is -0.261. The molecular formula is C13H20N2OS. The van der Waals surface area contributed by atoms with Gasteiger partial charge in [-0.05, 0) is 26.5 Å². The van der Waals surface area contributed by atoms with Crippen molar-refractivity contribution < 1.29 is 5.11 Å². The van der Waals surface area contributed by atoms with E-state index in [1.165, 1.54) is 0 Å². The van der Waals surface area contributed by atoms with Crippen molar-refractivity contribution in [1.29, 1.82) is 0 Å². The molecule has 0 saturated carbocycles. The first kappa shape index (κ1) is 14.1. The van der Waals surface area contributed by atoms with E-state index in [1.807, 2.05) is 45.2 Å². The van der Waals surface area contributed by atoms with Crippen LogP contribution in [-0.4, -0.2) is 34.2 Å². The fourth-order valence-corrected chi connectivity index (χ4v) is 1.69. The Hall–Kier alpha value is -0.970. The van der Waals surface area contributed by atoms with E-state index in [-0.39, 0.29) is 12.1 Å². The number of hydrogen-bond acceptors (Lipinski definition) is 3. The van der Waals surface area contributed by atoms with Crippen molar-refractivity contribution in [1.82, 2.24) is 4.90 Å². The smallest absolute Gasteiger partial charge is 0.104 e. The molecule has 0 aliphatic carbocycles. The zero-order chi connectivity index (χ0) is 13.1. The van der Waals surface area contributed by atoms with Gasteiger partial charge in [0.05, 0.1) is 6.61 Å². The third kappa shape index (κ3) is 3.49. The van der Waals surface area contributed by atoms with Gasteiger partial charge in [-0.25, -0.2) is 0 Å². The molecular weight excluding hydrogens is 232 g/mol. The zero-order valence-corrected chi connectivity index (χ0v) is 11.4. The summed E-state index contributed by atoms with van der Waals surface area (Å²) in [5, 5.41) is 9.33. The first-order chi connectivity index (χ1) is 7.88. The first-order valence-corrected chi connectivity index (χ1v) is 5.99. The number of aliphatic hydroxyl groups excluding tert-OH is 1. The predicted molar refractivity (Wildman–Crippen MR) is 75.0 cm³/mol. The summed E-state index contributed by atoms with van der Waals surface area (Å²) in [6.45, 7) is 4.81. The van der Waals surface area contributed by atoms with Crippen LogP contribution < -0.4 is 5.73 Å². The maximum atomic E-state index is 9.33. The highest BCUT2D eigenvalue weighted by atomic mass is 32.1. The van der Waals surface area contributed by atoms with E-state index in [9.17, 15) is 5.11 Å². The van der Waals surface area contributed by atoms with Crippen LogP contribution in [0.1, 0.15) is 25.0 Å². The van der Waals surface area contributed by atoms with Gasteiger partial charge in [0.1, 0.15) is 4.99 Å². The molecule has 0 heterocycles. The quantitative estimate of drug-likeness (QED) is 0.780. The van der Waals surface area contributed by atoms with Crippen molar-refractivity contribution in [2.24, 2.45) is 5.73 Å². The second-order valence-corrected chi connectivity index (χ2v) is 5.29. The summed E-state index contributed by atoms with van der Waals surface area (Å²) in [6.07, 6.45) is 0. The molecule has 3 N–H and O–H groups in total. The van der Waals surface area contributed by atoms with Gasteiger partial charge < -0.3 is 10.8 Å². The number of benzene rings is 1. The maximum Gasteiger partial charge on any atom is 0.104 e. The Morgan fingerprint density at radius 3 is 2.53 bits per heavy atom. The first-order valence-electron chi connectivity index (χ1n) is 5.58. The molecule has 4 heteroatoms. The van der Waals surface area contributed by atoms with E-state index in [1.54, 1.807) is 0 Å². The lowest BCUT2D eigenvalue weighted by atomic mass is 10.0.